The van der Waals surface area contributed by atoms with Crippen molar-refractivity contribution in [3.05, 3.63) is 327 Å². The third-order valence-corrected chi connectivity index (χ3v) is 24.5. The molecule has 18 nitrogen and oxygen atoms in total. The molecule has 28 rings (SSSR count). The van der Waals surface area contributed by atoms with Crippen LogP contribution in [0.15, 0.2) is 299 Å². The Bertz CT molecular complexity index is 7720. The molecule has 0 bridgehead atoms. The summed E-state index contributed by atoms with van der Waals surface area (Å²) in [4.78, 5) is 14.1. The topological polar surface area (TPSA) is 100 Å². The molecule has 18 aromatic heterocycles. The standard InChI is InChI=1S/C22H17N3.2C21H16N4.C16H13N3.C15H12N4/c1-23-12-11-16-13-24-14-19(15-7-3-2-4-8-15)25-18-10-6-5-9-17(18)21(23)20(16)22(24)25;1-23-11-9-15-12-24-17(14-6-3-2-4-7-14)13-25-16-8-5-10-22-19(16)20(23)18(15)21(24)25;1-23-11-9-15-12-24-13-17(14-6-3-2-4-7-14)25-16-8-5-10-22-19(16)20(23)18(15)21(24)25;1-17-7-6-11-10-18-8-9-19-13-5-3-2-4-12(13)15(17)14(11)16(18)19;1-17-6-4-10-9-18-7-8-19-11-3-2-5-16-13(11)14(17)12(10)15(18)19/h2-12,14H,13H2,1H3;2*2-11,13H,12H2,1H3;2-9H,10H2,1H3;2-8H,9H2,1H3/q5*+2. The van der Waals surface area contributed by atoms with Crippen molar-refractivity contribution in [1.82, 2.24) is 37.1 Å². The molecule has 0 fully saturated rings. The lowest BCUT2D eigenvalue weighted by Crippen LogP contribution is -2.31. The van der Waals surface area contributed by atoms with Crippen LogP contribution in [0.1, 0.15) is 27.8 Å². The van der Waals surface area contributed by atoms with Gasteiger partial charge in [0.2, 0.25) is 11.0 Å². The zero-order chi connectivity index (χ0) is 74.7. The first-order chi connectivity index (χ1) is 55.7. The number of benzene rings is 5. The van der Waals surface area contributed by atoms with Crippen LogP contribution in [0.5, 0.6) is 0 Å². The van der Waals surface area contributed by atoms with E-state index in [0.717, 1.165) is 60.3 Å². The van der Waals surface area contributed by atoms with E-state index in [-0.39, 0.29) is 0 Å². The van der Waals surface area contributed by atoms with Gasteiger partial charge in [-0.05, 0) is 60.7 Å². The first-order valence-corrected chi connectivity index (χ1v) is 38.7. The third-order valence-electron chi connectivity index (χ3n) is 24.5. The predicted molar refractivity (Wildman–Crippen MR) is 434 cm³/mol. The normalized spacial score (nSPS) is 13.0. The zero-order valence-corrected chi connectivity index (χ0v) is 62.9. The van der Waals surface area contributed by atoms with Crippen molar-refractivity contribution in [2.45, 2.75) is 32.7 Å². The van der Waals surface area contributed by atoms with E-state index in [1.54, 1.807) is 0 Å². The molecule has 0 amide bonds. The number of imidazole rings is 5. The average molecular weight is 1470 g/mol. The smallest absolute Gasteiger partial charge is 0.246 e. The van der Waals surface area contributed by atoms with Gasteiger partial charge in [0.25, 0.3) is 16.6 Å². The number of fused-ring (bicyclic) bond motifs is 15. The molecule has 0 radical (unpaired) electrons. The van der Waals surface area contributed by atoms with Crippen molar-refractivity contribution >= 4 is 138 Å². The fraction of sp³-hybridized carbons (Fsp3) is 0.105. The van der Waals surface area contributed by atoms with E-state index in [1.165, 1.54) is 172 Å². The van der Waals surface area contributed by atoms with Crippen molar-refractivity contribution in [2.75, 3.05) is 0 Å². The van der Waals surface area contributed by atoms with E-state index in [0.29, 0.717) is 0 Å². The van der Waals surface area contributed by atoms with Crippen LogP contribution in [0, 0.1) is 0 Å². The van der Waals surface area contributed by atoms with Crippen LogP contribution < -0.4 is 45.5 Å². The molecule has 0 atom stereocenters. The molecule has 0 unspecified atom stereocenters. The van der Waals surface area contributed by atoms with Gasteiger partial charge in [-0.2, -0.15) is 35.7 Å². The lowest BCUT2D eigenvalue weighted by Gasteiger charge is -2.04. The van der Waals surface area contributed by atoms with Gasteiger partial charge in [0, 0.05) is 93.4 Å². The van der Waals surface area contributed by atoms with E-state index >= 15 is 0 Å². The second-order valence-corrected chi connectivity index (χ2v) is 30.8. The molecule has 0 spiro atoms. The molecule has 23 heterocycles. The lowest BCUT2D eigenvalue weighted by molar-refractivity contribution is -0.657. The second-order valence-electron chi connectivity index (χ2n) is 30.8. The highest BCUT2D eigenvalue weighted by Crippen LogP contribution is 2.40. The van der Waals surface area contributed by atoms with Crippen LogP contribution in [-0.2, 0) is 68.0 Å². The van der Waals surface area contributed by atoms with Gasteiger partial charge in [0.1, 0.15) is 149 Å². The minimum Gasteiger partial charge on any atom is -0.246 e. The van der Waals surface area contributed by atoms with Gasteiger partial charge in [0.05, 0.1) is 10.8 Å². The predicted octanol–water partition coefficient (Wildman–Crippen LogP) is 11.8. The molecular weight excluding hydrogens is 1390 g/mol. The maximum absolute atomic E-state index is 4.75. The minimum atomic E-state index is 0.906. The summed E-state index contributed by atoms with van der Waals surface area (Å²) in [5.41, 5.74) is 36.3. The number of nitrogens with zero attached hydrogens (tertiary/aromatic N) is 18. The fourth-order valence-electron chi connectivity index (χ4n) is 19.7. The molecule has 5 aromatic carbocycles. The first kappa shape index (κ1) is 63.3. The zero-order valence-electron chi connectivity index (χ0n) is 62.9. The quantitative estimate of drug-likeness (QED) is 0.130. The SMILES string of the molecule is C[n+]1ccc2c3c1c1ccccc1n1c(-c4ccccc4)c[n+](c31)C2.C[n+]1ccc2c3c1c1ccccc1n1cc[n+](c31)C2.C[n+]1ccc2c3c1c1ncccc1[n+]1cc(-c4ccccc4)n(c31)C2.C[n+]1ccc2c3c1c1ncccc1n1c(-c4ccccc4)c[n+](c31)C2.C[n+]1ccc2c3c1c1ncccc1n1cc[n+](c31)C2. The number of hydrogen-bond acceptors (Lipinski definition) is 3. The molecule has 534 valence electrons. The van der Waals surface area contributed by atoms with Gasteiger partial charge in [0.15, 0.2) is 81.2 Å². The summed E-state index contributed by atoms with van der Waals surface area (Å²) in [5, 5.41) is 9.37. The Morgan fingerprint density at radius 3 is 1.23 bits per heavy atom. The molecule has 23 aromatic rings. The maximum Gasteiger partial charge on any atom is 0.302 e. The van der Waals surface area contributed by atoms with Crippen LogP contribution in [-0.4, -0.2) is 37.1 Å². The Kier molecular flexibility index (Phi) is 13.3. The number of aromatic nitrogens is 18. The van der Waals surface area contributed by atoms with Gasteiger partial charge in [-0.25, -0.2) is 46.9 Å². The fourth-order valence-corrected chi connectivity index (χ4v) is 19.7. The summed E-state index contributed by atoms with van der Waals surface area (Å²) < 4.78 is 34.6. The summed E-state index contributed by atoms with van der Waals surface area (Å²) >= 11 is 0. The molecule has 0 saturated heterocycles. The molecule has 5 aliphatic heterocycles. The molecular formula is C95H74N18+10. The Hall–Kier alpha value is -14.7. The highest BCUT2D eigenvalue weighted by atomic mass is 15.2. The molecule has 0 saturated carbocycles. The highest BCUT2D eigenvalue weighted by molar-refractivity contribution is 6.12. The van der Waals surface area contributed by atoms with E-state index < -0.39 is 0 Å². The summed E-state index contributed by atoms with van der Waals surface area (Å²) in [6.07, 6.45) is 31.9. The van der Waals surface area contributed by atoms with Crippen LogP contribution in [0.2, 0.25) is 0 Å². The summed E-state index contributed by atoms with van der Waals surface area (Å²) in [5.74, 6) is 0. The number of aryl methyl sites for hydroxylation is 5. The Labute approximate surface area is 645 Å². The van der Waals surface area contributed by atoms with Crippen molar-refractivity contribution in [3.63, 3.8) is 0 Å². The Balaban J connectivity index is 0.0000000823. The van der Waals surface area contributed by atoms with Gasteiger partial charge < -0.3 is 0 Å². The Morgan fingerprint density at radius 1 is 0.292 bits per heavy atom. The second kappa shape index (κ2) is 23.7. The molecule has 5 aliphatic rings. The largest absolute Gasteiger partial charge is 0.302 e. The lowest BCUT2D eigenvalue weighted by atomic mass is 10.1. The number of para-hydroxylation sites is 2. The van der Waals surface area contributed by atoms with Crippen molar-refractivity contribution in [2.24, 2.45) is 35.2 Å². The summed E-state index contributed by atoms with van der Waals surface area (Å²) in [6, 6.07) is 73.0. The summed E-state index contributed by atoms with van der Waals surface area (Å²) in [6.45, 7) is 4.71. The van der Waals surface area contributed by atoms with Crippen molar-refractivity contribution < 1.29 is 45.5 Å². The molecule has 18 heteroatoms. The van der Waals surface area contributed by atoms with Gasteiger partial charge in [-0.15, -0.1) is 0 Å². The number of hydrogen-bond donors (Lipinski definition) is 0. The van der Waals surface area contributed by atoms with Crippen molar-refractivity contribution in [1.29, 1.82) is 0 Å². The van der Waals surface area contributed by atoms with Gasteiger partial charge in [-0.3, -0.25) is 0 Å². The van der Waals surface area contributed by atoms with Crippen molar-refractivity contribution in [3.8, 4) is 33.8 Å². The third kappa shape index (κ3) is 8.90. The van der Waals surface area contributed by atoms with Crippen LogP contribution in [0.25, 0.3) is 171 Å². The number of rotatable bonds is 3. The van der Waals surface area contributed by atoms with E-state index in [9.17, 15) is 0 Å². The van der Waals surface area contributed by atoms with E-state index in [4.69, 9.17) is 9.97 Å². The average Bonchev–Trinajstić information content (AvgIpc) is 1.55. The highest BCUT2D eigenvalue weighted by Gasteiger charge is 2.40. The van der Waals surface area contributed by atoms with Crippen LogP contribution in [0.3, 0.4) is 0 Å². The van der Waals surface area contributed by atoms with Gasteiger partial charge >= 0.3 is 28.2 Å². The first-order valence-electron chi connectivity index (χ1n) is 38.7. The molecule has 0 N–H and O–H groups in total. The summed E-state index contributed by atoms with van der Waals surface area (Å²) in [7, 11) is 10.6. The Morgan fingerprint density at radius 2 is 0.673 bits per heavy atom. The van der Waals surface area contributed by atoms with Crippen LogP contribution >= 0.6 is 0 Å². The van der Waals surface area contributed by atoms with E-state index in [2.05, 4.69) is 370 Å². The molecule has 0 aliphatic carbocycles. The number of pyridine rings is 13. The monoisotopic (exact) mass is 1470 g/mol. The van der Waals surface area contributed by atoms with Crippen LogP contribution in [0.4, 0.5) is 0 Å². The van der Waals surface area contributed by atoms with E-state index in [1.807, 2.05) is 36.8 Å². The van der Waals surface area contributed by atoms with Gasteiger partial charge in [-0.1, -0.05) is 115 Å². The minimum absolute atomic E-state index is 0.906. The molecule has 113 heavy (non-hydrogen) atoms. The maximum atomic E-state index is 4.75.